The van der Waals surface area contributed by atoms with Crippen LogP contribution in [0, 0.1) is 23.2 Å². The van der Waals surface area contributed by atoms with Crippen molar-refractivity contribution in [2.45, 2.75) is 72.1 Å². The molecule has 2 fully saturated rings. The fourth-order valence-corrected chi connectivity index (χ4v) is 3.57. The molecule has 4 atom stereocenters. The molecule has 0 N–H and O–H groups in total. The molecule has 0 spiro atoms. The number of ether oxygens (including phenoxy) is 1. The van der Waals surface area contributed by atoms with Crippen LogP contribution in [0.2, 0.25) is 0 Å². The number of rotatable bonds is 7. The van der Waals surface area contributed by atoms with Gasteiger partial charge in [-0.25, -0.2) is 0 Å². The molecule has 2 nitrogen and oxygen atoms in total. The third-order valence-electron chi connectivity index (χ3n) is 5.51. The van der Waals surface area contributed by atoms with Crippen LogP contribution in [0.5, 0.6) is 0 Å². The zero-order valence-electron chi connectivity index (χ0n) is 12.9. The maximum absolute atomic E-state index is 12.1. The number of esters is 1. The molecule has 110 valence electrons. The average Bonchev–Trinajstić information content (AvgIpc) is 3.09. The second kappa shape index (κ2) is 6.28. The molecule has 2 aliphatic carbocycles. The highest BCUT2D eigenvalue weighted by atomic mass is 16.5. The lowest BCUT2D eigenvalue weighted by Gasteiger charge is -2.25. The largest absolute Gasteiger partial charge is 0.465 e. The first-order chi connectivity index (χ1) is 9.09. The summed E-state index contributed by atoms with van der Waals surface area (Å²) in [6, 6.07) is 0. The smallest absolute Gasteiger partial charge is 0.308 e. The van der Waals surface area contributed by atoms with Gasteiger partial charge in [0.25, 0.3) is 0 Å². The standard InChI is InChI=1S/C17H30O2/c1-4-6-7-13(5-2)12-19-16(18)14-8-9-17(3)11-15(17)10-14/h13-15H,4-12H2,1-3H3. The highest BCUT2D eigenvalue weighted by Gasteiger charge is 2.54. The molecule has 2 heteroatoms. The molecule has 0 aromatic carbocycles. The summed E-state index contributed by atoms with van der Waals surface area (Å²) in [5.41, 5.74) is 0.587. The molecular formula is C17H30O2. The first kappa shape index (κ1) is 14.9. The minimum absolute atomic E-state index is 0.0869. The third-order valence-corrected chi connectivity index (χ3v) is 5.51. The number of carbonyl (C=O) groups excluding carboxylic acids is 1. The van der Waals surface area contributed by atoms with Gasteiger partial charge in [0.1, 0.15) is 0 Å². The second-order valence-electron chi connectivity index (χ2n) is 7.07. The van der Waals surface area contributed by atoms with E-state index in [-0.39, 0.29) is 11.9 Å². The van der Waals surface area contributed by atoms with E-state index >= 15 is 0 Å². The summed E-state index contributed by atoms with van der Waals surface area (Å²) in [7, 11) is 0. The maximum atomic E-state index is 12.1. The topological polar surface area (TPSA) is 26.3 Å². The van der Waals surface area contributed by atoms with E-state index in [1.807, 2.05) is 0 Å². The van der Waals surface area contributed by atoms with Crippen molar-refractivity contribution < 1.29 is 9.53 Å². The van der Waals surface area contributed by atoms with Gasteiger partial charge in [0.05, 0.1) is 12.5 Å². The molecule has 0 amide bonds. The van der Waals surface area contributed by atoms with Crippen LogP contribution in [0.15, 0.2) is 0 Å². The Bertz CT molecular complexity index is 312. The van der Waals surface area contributed by atoms with Crippen LogP contribution in [0.4, 0.5) is 0 Å². The van der Waals surface area contributed by atoms with Crippen molar-refractivity contribution in [1.82, 2.24) is 0 Å². The normalized spacial score (nSPS) is 34.5. The Morgan fingerprint density at radius 3 is 2.84 bits per heavy atom. The summed E-state index contributed by atoms with van der Waals surface area (Å²) in [5.74, 6) is 1.66. The summed E-state index contributed by atoms with van der Waals surface area (Å²) in [6.45, 7) is 7.43. The number of unbranched alkanes of at least 4 members (excludes halogenated alkanes) is 1. The van der Waals surface area contributed by atoms with Gasteiger partial charge >= 0.3 is 5.97 Å². The van der Waals surface area contributed by atoms with Gasteiger partial charge < -0.3 is 4.74 Å². The third kappa shape index (κ3) is 3.73. The van der Waals surface area contributed by atoms with E-state index in [1.165, 1.54) is 32.1 Å². The molecular weight excluding hydrogens is 236 g/mol. The van der Waals surface area contributed by atoms with Crippen molar-refractivity contribution in [2.24, 2.45) is 23.2 Å². The Morgan fingerprint density at radius 2 is 2.21 bits per heavy atom. The van der Waals surface area contributed by atoms with Gasteiger partial charge in [0.2, 0.25) is 0 Å². The lowest BCUT2D eigenvalue weighted by molar-refractivity contribution is -0.151. The van der Waals surface area contributed by atoms with Crippen LogP contribution in [0.3, 0.4) is 0 Å². The van der Waals surface area contributed by atoms with Gasteiger partial charge in [-0.05, 0) is 49.4 Å². The van der Waals surface area contributed by atoms with Gasteiger partial charge in [-0.3, -0.25) is 4.79 Å². The lowest BCUT2D eigenvalue weighted by atomic mass is 9.83. The molecule has 0 aliphatic heterocycles. The first-order valence-electron chi connectivity index (χ1n) is 8.25. The molecule has 0 saturated heterocycles. The molecule has 19 heavy (non-hydrogen) atoms. The first-order valence-corrected chi connectivity index (χ1v) is 8.25. The van der Waals surface area contributed by atoms with Crippen molar-refractivity contribution in [3.63, 3.8) is 0 Å². The summed E-state index contributed by atoms with van der Waals surface area (Å²) in [5, 5.41) is 0. The van der Waals surface area contributed by atoms with Crippen molar-refractivity contribution in [2.75, 3.05) is 6.61 Å². The zero-order chi connectivity index (χ0) is 13.9. The Labute approximate surface area is 118 Å². The fourth-order valence-electron chi connectivity index (χ4n) is 3.57. The highest BCUT2D eigenvalue weighted by molar-refractivity contribution is 5.72. The predicted octanol–water partition coefficient (Wildman–Crippen LogP) is 4.57. The summed E-state index contributed by atoms with van der Waals surface area (Å²) in [4.78, 5) is 12.1. The molecule has 0 aromatic heterocycles. The molecule has 2 aliphatic rings. The molecule has 4 unspecified atom stereocenters. The van der Waals surface area contributed by atoms with E-state index in [2.05, 4.69) is 20.8 Å². The monoisotopic (exact) mass is 266 g/mol. The van der Waals surface area contributed by atoms with Crippen LogP contribution in [-0.4, -0.2) is 12.6 Å². The SMILES string of the molecule is CCCCC(CC)COC(=O)C1CCC2(C)CC2C1. The number of hydrogen-bond acceptors (Lipinski definition) is 2. The van der Waals surface area contributed by atoms with Crippen molar-refractivity contribution in [1.29, 1.82) is 0 Å². The van der Waals surface area contributed by atoms with E-state index < -0.39 is 0 Å². The van der Waals surface area contributed by atoms with Crippen LogP contribution in [-0.2, 0) is 9.53 Å². The molecule has 0 bridgehead atoms. The van der Waals surface area contributed by atoms with E-state index in [9.17, 15) is 4.79 Å². The minimum atomic E-state index is 0.0869. The molecule has 0 heterocycles. The quantitative estimate of drug-likeness (QED) is 0.631. The average molecular weight is 266 g/mol. The van der Waals surface area contributed by atoms with Gasteiger partial charge in [0.15, 0.2) is 0 Å². The predicted molar refractivity (Wildman–Crippen MR) is 77.8 cm³/mol. The highest BCUT2D eigenvalue weighted by Crippen LogP contribution is 2.62. The van der Waals surface area contributed by atoms with E-state index in [1.54, 1.807) is 0 Å². The number of fused-ring (bicyclic) bond motifs is 1. The van der Waals surface area contributed by atoms with E-state index in [4.69, 9.17) is 4.74 Å². The van der Waals surface area contributed by atoms with Crippen LogP contribution >= 0.6 is 0 Å². The van der Waals surface area contributed by atoms with Gasteiger partial charge in [-0.2, -0.15) is 0 Å². The maximum Gasteiger partial charge on any atom is 0.308 e. The Kier molecular flexibility index (Phi) is 4.92. The Morgan fingerprint density at radius 1 is 1.42 bits per heavy atom. The van der Waals surface area contributed by atoms with Gasteiger partial charge in [-0.15, -0.1) is 0 Å². The van der Waals surface area contributed by atoms with Gasteiger partial charge in [0, 0.05) is 0 Å². The number of carbonyl (C=O) groups is 1. The lowest BCUT2D eigenvalue weighted by Crippen LogP contribution is -2.25. The van der Waals surface area contributed by atoms with Gasteiger partial charge in [-0.1, -0.05) is 40.0 Å². The van der Waals surface area contributed by atoms with Crippen molar-refractivity contribution >= 4 is 5.97 Å². The Balaban J connectivity index is 1.69. The summed E-state index contributed by atoms with van der Waals surface area (Å²) >= 11 is 0. The van der Waals surface area contributed by atoms with E-state index in [0.29, 0.717) is 17.9 Å². The Hall–Kier alpha value is -0.530. The molecule has 2 saturated carbocycles. The number of hydrogen-bond donors (Lipinski definition) is 0. The molecule has 0 aromatic rings. The van der Waals surface area contributed by atoms with Crippen molar-refractivity contribution in [3.05, 3.63) is 0 Å². The van der Waals surface area contributed by atoms with Crippen LogP contribution < -0.4 is 0 Å². The van der Waals surface area contributed by atoms with Crippen LogP contribution in [0.1, 0.15) is 72.1 Å². The minimum Gasteiger partial charge on any atom is -0.465 e. The summed E-state index contributed by atoms with van der Waals surface area (Å²) < 4.78 is 5.59. The van der Waals surface area contributed by atoms with Crippen LogP contribution in [0.25, 0.3) is 0 Å². The van der Waals surface area contributed by atoms with E-state index in [0.717, 1.165) is 25.2 Å². The molecule has 2 rings (SSSR count). The molecule has 0 radical (unpaired) electrons. The second-order valence-corrected chi connectivity index (χ2v) is 7.07. The fraction of sp³-hybridized carbons (Fsp3) is 0.941. The summed E-state index contributed by atoms with van der Waals surface area (Å²) in [6.07, 6.45) is 9.51. The van der Waals surface area contributed by atoms with Crippen molar-refractivity contribution in [3.8, 4) is 0 Å². The zero-order valence-corrected chi connectivity index (χ0v) is 12.9.